The Morgan fingerprint density at radius 1 is 0.962 bits per heavy atom. The van der Waals surface area contributed by atoms with Gasteiger partial charge in [0.05, 0.1) is 6.42 Å². The first-order valence-corrected chi connectivity index (χ1v) is 9.35. The Kier molecular flexibility index (Phi) is 7.57. The molecule has 0 radical (unpaired) electrons. The minimum atomic E-state index is -0.518. The minimum absolute atomic E-state index is 0.153. The summed E-state index contributed by atoms with van der Waals surface area (Å²) in [4.78, 5) is 34.6. The molecular weight excluding hydrogens is 330 g/mol. The predicted octanol–water partition coefficient (Wildman–Crippen LogP) is 3.39. The molecule has 0 aliphatic carbocycles. The van der Waals surface area contributed by atoms with Crippen LogP contribution < -0.4 is 5.32 Å². The summed E-state index contributed by atoms with van der Waals surface area (Å²) in [6.07, 6.45) is 7.55. The van der Waals surface area contributed by atoms with Crippen LogP contribution in [0.1, 0.15) is 62.6 Å². The summed E-state index contributed by atoms with van der Waals surface area (Å²) in [6, 6.07) is 6.42. The van der Waals surface area contributed by atoms with Crippen LogP contribution in [0.25, 0.3) is 0 Å². The molecule has 0 saturated heterocycles. The number of carbonyl (C=O) groups is 3. The Morgan fingerprint density at radius 2 is 1.54 bits per heavy atom. The second-order valence-electron chi connectivity index (χ2n) is 6.69. The van der Waals surface area contributed by atoms with Crippen LogP contribution in [0.2, 0.25) is 0 Å². The van der Waals surface area contributed by atoms with Gasteiger partial charge in [-0.3, -0.25) is 19.7 Å². The van der Waals surface area contributed by atoms with Crippen molar-refractivity contribution in [2.75, 3.05) is 0 Å². The van der Waals surface area contributed by atoms with E-state index in [1.54, 1.807) is 0 Å². The molecule has 0 bridgehead atoms. The van der Waals surface area contributed by atoms with Crippen LogP contribution in [-0.4, -0.2) is 17.8 Å². The molecule has 1 heterocycles. The molecule has 1 aliphatic heterocycles. The van der Waals surface area contributed by atoms with Crippen LogP contribution in [0.5, 0.6) is 0 Å². The van der Waals surface area contributed by atoms with Gasteiger partial charge in [0.15, 0.2) is 0 Å². The Morgan fingerprint density at radius 3 is 2.04 bits per heavy atom. The summed E-state index contributed by atoms with van der Waals surface area (Å²) in [5.41, 5.74) is 3.67. The van der Waals surface area contributed by atoms with Crippen molar-refractivity contribution < 1.29 is 19.1 Å². The smallest absolute Gasteiger partial charge is 0.310 e. The number of benzene rings is 1. The van der Waals surface area contributed by atoms with Crippen molar-refractivity contribution >= 4 is 17.8 Å². The van der Waals surface area contributed by atoms with Crippen LogP contribution in [0.4, 0.5) is 0 Å². The van der Waals surface area contributed by atoms with Crippen molar-refractivity contribution in [1.82, 2.24) is 5.32 Å². The molecule has 5 nitrogen and oxygen atoms in total. The van der Waals surface area contributed by atoms with Crippen LogP contribution in [0, 0.1) is 0 Å². The average Bonchev–Trinajstić information content (AvgIpc) is 2.93. The minimum Gasteiger partial charge on any atom is -0.461 e. The lowest BCUT2D eigenvalue weighted by molar-refractivity contribution is -0.144. The van der Waals surface area contributed by atoms with Gasteiger partial charge in [0.25, 0.3) is 11.8 Å². The standard InChI is InChI=1S/C21H27NO4/c1-3-5-7-15-9-16(8-6-4-2)11-17(10-15)14-26-20(24)13-18-12-19(23)22-21(18)25/h9-12H,3-8,13-14H2,1-2H3,(H,22,23,25). The van der Waals surface area contributed by atoms with Gasteiger partial charge in [0.1, 0.15) is 6.61 Å². The monoisotopic (exact) mass is 357 g/mol. The fourth-order valence-electron chi connectivity index (χ4n) is 2.93. The van der Waals surface area contributed by atoms with E-state index in [0.717, 1.165) is 50.2 Å². The molecule has 140 valence electrons. The summed E-state index contributed by atoms with van der Waals surface area (Å²) in [6.45, 7) is 4.52. The number of hydrogen-bond acceptors (Lipinski definition) is 4. The molecule has 0 atom stereocenters. The molecule has 2 amide bonds. The third-order valence-corrected chi connectivity index (χ3v) is 4.32. The maximum atomic E-state index is 12.0. The number of nitrogens with one attached hydrogen (secondary N) is 1. The number of imide groups is 1. The lowest BCUT2D eigenvalue weighted by atomic mass is 9.99. The molecular formula is C21H27NO4. The maximum Gasteiger partial charge on any atom is 0.310 e. The normalized spacial score (nSPS) is 13.5. The van der Waals surface area contributed by atoms with E-state index < -0.39 is 17.8 Å². The number of esters is 1. The van der Waals surface area contributed by atoms with E-state index >= 15 is 0 Å². The first-order valence-electron chi connectivity index (χ1n) is 9.35. The van der Waals surface area contributed by atoms with Crippen molar-refractivity contribution in [2.45, 2.75) is 65.4 Å². The van der Waals surface area contributed by atoms with E-state index in [0.29, 0.717) is 0 Å². The quantitative estimate of drug-likeness (QED) is 0.515. The average molecular weight is 357 g/mol. The van der Waals surface area contributed by atoms with E-state index in [2.05, 4.69) is 37.4 Å². The van der Waals surface area contributed by atoms with Crippen molar-refractivity contribution in [1.29, 1.82) is 0 Å². The fourth-order valence-corrected chi connectivity index (χ4v) is 2.93. The number of hydrogen-bond donors (Lipinski definition) is 1. The number of carbonyl (C=O) groups excluding carboxylic acids is 3. The predicted molar refractivity (Wildman–Crippen MR) is 99.3 cm³/mol. The van der Waals surface area contributed by atoms with Gasteiger partial charge in [-0.05, 0) is 42.4 Å². The largest absolute Gasteiger partial charge is 0.461 e. The number of rotatable bonds is 10. The zero-order chi connectivity index (χ0) is 18.9. The lowest BCUT2D eigenvalue weighted by Crippen LogP contribution is -2.23. The molecule has 1 aliphatic rings. The van der Waals surface area contributed by atoms with E-state index in [9.17, 15) is 14.4 Å². The highest BCUT2D eigenvalue weighted by Gasteiger charge is 2.23. The molecule has 0 aromatic heterocycles. The highest BCUT2D eigenvalue weighted by atomic mass is 16.5. The number of amides is 2. The van der Waals surface area contributed by atoms with Gasteiger partial charge in [-0.1, -0.05) is 44.9 Å². The van der Waals surface area contributed by atoms with Crippen molar-refractivity contribution in [3.8, 4) is 0 Å². The number of aryl methyl sites for hydroxylation is 2. The summed E-state index contributed by atoms with van der Waals surface area (Å²) in [5.74, 6) is -1.51. The van der Waals surface area contributed by atoms with Gasteiger partial charge in [-0.25, -0.2) is 0 Å². The Bertz CT molecular complexity index is 680. The molecule has 1 N–H and O–H groups in total. The molecule has 1 aromatic rings. The van der Waals surface area contributed by atoms with E-state index in [-0.39, 0.29) is 18.6 Å². The zero-order valence-electron chi connectivity index (χ0n) is 15.6. The summed E-state index contributed by atoms with van der Waals surface area (Å²) < 4.78 is 5.32. The first-order chi connectivity index (χ1) is 12.5. The van der Waals surface area contributed by atoms with Gasteiger partial charge in [0.2, 0.25) is 0 Å². The lowest BCUT2D eigenvalue weighted by Gasteiger charge is -2.11. The van der Waals surface area contributed by atoms with Gasteiger partial charge >= 0.3 is 5.97 Å². The highest BCUT2D eigenvalue weighted by molar-refractivity contribution is 6.17. The Labute approximate surface area is 154 Å². The first kappa shape index (κ1) is 19.9. The molecule has 0 saturated carbocycles. The van der Waals surface area contributed by atoms with Gasteiger partial charge in [-0.2, -0.15) is 0 Å². The van der Waals surface area contributed by atoms with Crippen molar-refractivity contribution in [3.05, 3.63) is 46.5 Å². The number of ether oxygens (including phenoxy) is 1. The Balaban J connectivity index is 1.98. The topological polar surface area (TPSA) is 72.5 Å². The van der Waals surface area contributed by atoms with Gasteiger partial charge in [0, 0.05) is 11.6 Å². The third kappa shape index (κ3) is 6.14. The van der Waals surface area contributed by atoms with Crippen molar-refractivity contribution in [3.63, 3.8) is 0 Å². The molecule has 0 fully saturated rings. The van der Waals surface area contributed by atoms with E-state index in [4.69, 9.17) is 4.74 Å². The van der Waals surface area contributed by atoms with Crippen LogP contribution >= 0.6 is 0 Å². The molecule has 5 heteroatoms. The van der Waals surface area contributed by atoms with E-state index in [1.165, 1.54) is 11.1 Å². The van der Waals surface area contributed by atoms with Gasteiger partial charge in [-0.15, -0.1) is 0 Å². The fraction of sp³-hybridized carbons (Fsp3) is 0.476. The second kappa shape index (κ2) is 9.90. The van der Waals surface area contributed by atoms with Crippen LogP contribution in [0.3, 0.4) is 0 Å². The number of unbranched alkanes of at least 4 members (excludes halogenated alkanes) is 2. The van der Waals surface area contributed by atoms with E-state index in [1.807, 2.05) is 0 Å². The maximum absolute atomic E-state index is 12.0. The second-order valence-corrected chi connectivity index (χ2v) is 6.69. The third-order valence-electron chi connectivity index (χ3n) is 4.32. The molecule has 0 unspecified atom stereocenters. The SMILES string of the molecule is CCCCc1cc(CCCC)cc(COC(=O)CC2=CC(=O)NC2=O)c1. The Hall–Kier alpha value is -2.43. The molecule has 2 rings (SSSR count). The molecule has 1 aromatic carbocycles. The summed E-state index contributed by atoms with van der Waals surface area (Å²) in [7, 11) is 0. The summed E-state index contributed by atoms with van der Waals surface area (Å²) >= 11 is 0. The highest BCUT2D eigenvalue weighted by Crippen LogP contribution is 2.17. The zero-order valence-corrected chi connectivity index (χ0v) is 15.6. The summed E-state index contributed by atoms with van der Waals surface area (Å²) in [5, 5.41) is 2.12. The molecule has 26 heavy (non-hydrogen) atoms. The van der Waals surface area contributed by atoms with Gasteiger partial charge < -0.3 is 4.74 Å². The van der Waals surface area contributed by atoms with Crippen LogP contribution in [0.15, 0.2) is 29.8 Å². The van der Waals surface area contributed by atoms with Crippen molar-refractivity contribution in [2.24, 2.45) is 0 Å². The van der Waals surface area contributed by atoms with Crippen LogP contribution in [-0.2, 0) is 38.6 Å². The molecule has 0 spiro atoms.